The third-order valence-corrected chi connectivity index (χ3v) is 6.28. The van der Waals surface area contributed by atoms with E-state index in [4.69, 9.17) is 9.72 Å². The number of anilines is 2. The molecule has 1 spiro atoms. The summed E-state index contributed by atoms with van der Waals surface area (Å²) < 4.78 is 18.5. The van der Waals surface area contributed by atoms with Gasteiger partial charge in [-0.05, 0) is 25.7 Å². The summed E-state index contributed by atoms with van der Waals surface area (Å²) in [4.78, 5) is 33.0. The van der Waals surface area contributed by atoms with Crippen LogP contribution in [0.2, 0.25) is 0 Å². The van der Waals surface area contributed by atoms with Crippen molar-refractivity contribution >= 4 is 11.9 Å². The van der Waals surface area contributed by atoms with Crippen molar-refractivity contribution in [3.05, 3.63) is 39.8 Å². The Balaban J connectivity index is 1.40. The quantitative estimate of drug-likeness (QED) is 0.825. The number of H-pyrrole nitrogens is 1. The third kappa shape index (κ3) is 2.94. The fourth-order valence-electron chi connectivity index (χ4n) is 4.65. The van der Waals surface area contributed by atoms with Crippen molar-refractivity contribution in [2.75, 3.05) is 49.2 Å². The Bertz CT molecular complexity index is 917. The third-order valence-electron chi connectivity index (χ3n) is 6.28. The highest BCUT2D eigenvalue weighted by molar-refractivity contribution is 5.42. The number of nitrogens with zero attached hydrogens (tertiary/aromatic N) is 5. The summed E-state index contributed by atoms with van der Waals surface area (Å²) in [5.41, 5.74) is 1.73. The van der Waals surface area contributed by atoms with E-state index in [2.05, 4.69) is 24.8 Å². The lowest BCUT2D eigenvalue weighted by Gasteiger charge is -2.39. The minimum Gasteiger partial charge on any atom is -0.378 e. The molecule has 5 rings (SSSR count). The highest BCUT2D eigenvalue weighted by Gasteiger charge is 2.44. The SMILES string of the molecule is O=c1[nH]c(N2CCOCC2)nc2c1CCC21CCN(c2ncc(F)cn2)CC1. The summed E-state index contributed by atoms with van der Waals surface area (Å²) in [5, 5.41) is 0. The summed E-state index contributed by atoms with van der Waals surface area (Å²) in [6.45, 7) is 4.32. The highest BCUT2D eigenvalue weighted by Crippen LogP contribution is 2.44. The number of rotatable bonds is 2. The number of aromatic amines is 1. The van der Waals surface area contributed by atoms with Crippen molar-refractivity contribution < 1.29 is 9.13 Å². The van der Waals surface area contributed by atoms with Crippen LogP contribution >= 0.6 is 0 Å². The first-order chi connectivity index (χ1) is 13.6. The highest BCUT2D eigenvalue weighted by atomic mass is 19.1. The number of nitrogens with one attached hydrogen (secondary N) is 1. The van der Waals surface area contributed by atoms with E-state index in [1.807, 2.05) is 0 Å². The molecular formula is C19H23FN6O2. The molecule has 2 aromatic rings. The largest absolute Gasteiger partial charge is 0.378 e. The number of hydrogen-bond donors (Lipinski definition) is 1. The molecule has 9 heteroatoms. The van der Waals surface area contributed by atoms with Crippen LogP contribution in [0.3, 0.4) is 0 Å². The van der Waals surface area contributed by atoms with Gasteiger partial charge >= 0.3 is 0 Å². The van der Waals surface area contributed by atoms with Gasteiger partial charge in [-0.3, -0.25) is 9.78 Å². The summed E-state index contributed by atoms with van der Waals surface area (Å²) in [5.74, 6) is 0.793. The molecule has 0 amide bonds. The number of piperidine rings is 1. The van der Waals surface area contributed by atoms with Crippen molar-refractivity contribution in [2.45, 2.75) is 31.1 Å². The van der Waals surface area contributed by atoms with E-state index in [0.29, 0.717) is 25.1 Å². The predicted octanol–water partition coefficient (Wildman–Crippen LogP) is 1.02. The van der Waals surface area contributed by atoms with Crippen LogP contribution in [-0.4, -0.2) is 59.3 Å². The first-order valence-electron chi connectivity index (χ1n) is 9.83. The Morgan fingerprint density at radius 2 is 1.75 bits per heavy atom. The van der Waals surface area contributed by atoms with E-state index >= 15 is 0 Å². The van der Waals surface area contributed by atoms with Gasteiger partial charge in [0.05, 0.1) is 31.3 Å². The maximum Gasteiger partial charge on any atom is 0.255 e. The molecule has 0 saturated carbocycles. The first kappa shape index (κ1) is 17.5. The predicted molar refractivity (Wildman–Crippen MR) is 101 cm³/mol. The Labute approximate surface area is 161 Å². The van der Waals surface area contributed by atoms with E-state index in [1.54, 1.807) is 0 Å². The van der Waals surface area contributed by atoms with E-state index in [0.717, 1.165) is 63.1 Å². The van der Waals surface area contributed by atoms with E-state index in [1.165, 1.54) is 12.4 Å². The number of hydrogen-bond acceptors (Lipinski definition) is 7. The number of fused-ring (bicyclic) bond motifs is 2. The fraction of sp³-hybridized carbons (Fsp3) is 0.579. The van der Waals surface area contributed by atoms with Gasteiger partial charge in [-0.2, -0.15) is 0 Å². The molecule has 28 heavy (non-hydrogen) atoms. The molecule has 0 radical (unpaired) electrons. The monoisotopic (exact) mass is 386 g/mol. The van der Waals surface area contributed by atoms with Crippen molar-refractivity contribution in [1.82, 2.24) is 19.9 Å². The van der Waals surface area contributed by atoms with E-state index in [9.17, 15) is 9.18 Å². The van der Waals surface area contributed by atoms with Crippen LogP contribution in [0.1, 0.15) is 30.5 Å². The Kier molecular flexibility index (Phi) is 4.26. The molecule has 2 fully saturated rings. The summed E-state index contributed by atoms with van der Waals surface area (Å²) in [6, 6.07) is 0. The van der Waals surface area contributed by atoms with Crippen LogP contribution in [0.15, 0.2) is 17.2 Å². The van der Waals surface area contributed by atoms with Gasteiger partial charge in [-0.15, -0.1) is 0 Å². The van der Waals surface area contributed by atoms with Gasteiger partial charge in [-0.25, -0.2) is 19.3 Å². The van der Waals surface area contributed by atoms with E-state index in [-0.39, 0.29) is 11.0 Å². The zero-order valence-electron chi connectivity index (χ0n) is 15.7. The van der Waals surface area contributed by atoms with Crippen molar-refractivity contribution in [3.8, 4) is 0 Å². The molecule has 0 aromatic carbocycles. The number of halogens is 1. The minimum absolute atomic E-state index is 0.00679. The Hall–Kier alpha value is -2.55. The average molecular weight is 386 g/mol. The van der Waals surface area contributed by atoms with Crippen LogP contribution < -0.4 is 15.4 Å². The van der Waals surface area contributed by atoms with Gasteiger partial charge in [0, 0.05) is 37.2 Å². The lowest BCUT2D eigenvalue weighted by atomic mass is 9.76. The number of ether oxygens (including phenoxy) is 1. The topological polar surface area (TPSA) is 87.2 Å². The normalized spacial score (nSPS) is 21.2. The molecule has 0 bridgehead atoms. The van der Waals surface area contributed by atoms with Crippen molar-refractivity contribution in [3.63, 3.8) is 0 Å². The van der Waals surface area contributed by atoms with Crippen LogP contribution in [0, 0.1) is 5.82 Å². The zero-order chi connectivity index (χ0) is 19.1. The molecule has 2 aromatic heterocycles. The first-order valence-corrected chi connectivity index (χ1v) is 9.83. The van der Waals surface area contributed by atoms with Gasteiger partial charge in [-0.1, -0.05) is 0 Å². The molecule has 8 nitrogen and oxygen atoms in total. The number of morpholine rings is 1. The standard InChI is InChI=1S/C19H23FN6O2/c20-13-11-21-17(22-12-13)25-5-3-19(4-6-25)2-1-14-15(19)23-18(24-16(14)27)26-7-9-28-10-8-26/h11-12H,1-10H2,(H,23,24,27). The van der Waals surface area contributed by atoms with Crippen LogP contribution in [0.5, 0.6) is 0 Å². The molecule has 2 aliphatic heterocycles. The van der Waals surface area contributed by atoms with Crippen LogP contribution in [0.4, 0.5) is 16.3 Å². The minimum atomic E-state index is -0.430. The molecule has 4 heterocycles. The molecule has 1 N–H and O–H groups in total. The summed E-state index contributed by atoms with van der Waals surface area (Å²) in [7, 11) is 0. The second-order valence-corrected chi connectivity index (χ2v) is 7.78. The van der Waals surface area contributed by atoms with Gasteiger partial charge in [0.1, 0.15) is 0 Å². The van der Waals surface area contributed by atoms with E-state index < -0.39 is 5.82 Å². The fourth-order valence-corrected chi connectivity index (χ4v) is 4.65. The summed E-state index contributed by atoms with van der Waals surface area (Å²) in [6.07, 6.45) is 5.90. The molecule has 3 aliphatic rings. The number of aromatic nitrogens is 4. The zero-order valence-corrected chi connectivity index (χ0v) is 15.7. The Morgan fingerprint density at radius 1 is 1.04 bits per heavy atom. The molecule has 1 aliphatic carbocycles. The average Bonchev–Trinajstić information content (AvgIpc) is 3.09. The molecule has 2 saturated heterocycles. The van der Waals surface area contributed by atoms with Gasteiger partial charge in [0.15, 0.2) is 5.82 Å². The maximum absolute atomic E-state index is 13.1. The second kappa shape index (κ2) is 6.80. The summed E-state index contributed by atoms with van der Waals surface area (Å²) >= 11 is 0. The van der Waals surface area contributed by atoms with Crippen LogP contribution in [-0.2, 0) is 16.6 Å². The second-order valence-electron chi connectivity index (χ2n) is 7.78. The maximum atomic E-state index is 13.1. The van der Waals surface area contributed by atoms with Crippen LogP contribution in [0.25, 0.3) is 0 Å². The molecule has 148 valence electrons. The Morgan fingerprint density at radius 3 is 2.46 bits per heavy atom. The van der Waals surface area contributed by atoms with Crippen molar-refractivity contribution in [2.24, 2.45) is 0 Å². The lowest BCUT2D eigenvalue weighted by molar-refractivity contribution is 0.122. The van der Waals surface area contributed by atoms with Gasteiger partial charge in [0.2, 0.25) is 11.9 Å². The molecular weight excluding hydrogens is 363 g/mol. The van der Waals surface area contributed by atoms with Gasteiger partial charge < -0.3 is 14.5 Å². The van der Waals surface area contributed by atoms with Crippen molar-refractivity contribution in [1.29, 1.82) is 0 Å². The molecule has 0 unspecified atom stereocenters. The lowest BCUT2D eigenvalue weighted by Crippen LogP contribution is -2.43. The molecule has 0 atom stereocenters. The smallest absolute Gasteiger partial charge is 0.255 e. The van der Waals surface area contributed by atoms with Gasteiger partial charge in [0.25, 0.3) is 5.56 Å².